The van der Waals surface area contributed by atoms with E-state index in [-0.39, 0.29) is 10.9 Å². The first-order valence-electron chi connectivity index (χ1n) is 8.38. The van der Waals surface area contributed by atoms with Crippen molar-refractivity contribution in [1.82, 2.24) is 9.78 Å². The maximum atomic E-state index is 13.7. The monoisotopic (exact) mass is 402 g/mol. The minimum Gasteiger partial charge on any atom is -0.504 e. The van der Waals surface area contributed by atoms with Gasteiger partial charge in [-0.25, -0.2) is 4.68 Å². The molecular formula is C20H13F3N2O4. The zero-order valence-corrected chi connectivity index (χ0v) is 14.9. The molecule has 4 aromatic rings. The maximum Gasteiger partial charge on any atom is 0.450 e. The maximum absolute atomic E-state index is 13.7. The molecule has 0 amide bonds. The number of phenolic OH excluding ortho intramolecular Hbond substituents is 2. The molecular weight excluding hydrogens is 389 g/mol. The van der Waals surface area contributed by atoms with Gasteiger partial charge in [-0.3, -0.25) is 4.79 Å². The predicted molar refractivity (Wildman–Crippen MR) is 98.1 cm³/mol. The van der Waals surface area contributed by atoms with Crippen molar-refractivity contribution in [3.8, 4) is 28.3 Å². The van der Waals surface area contributed by atoms with Crippen molar-refractivity contribution in [3.05, 3.63) is 70.3 Å². The van der Waals surface area contributed by atoms with Gasteiger partial charge < -0.3 is 14.6 Å². The molecule has 2 N–H and O–H groups in total. The number of benzene rings is 2. The van der Waals surface area contributed by atoms with Gasteiger partial charge in [0, 0.05) is 11.8 Å². The van der Waals surface area contributed by atoms with E-state index in [0.717, 1.165) is 23.9 Å². The highest BCUT2D eigenvalue weighted by atomic mass is 19.4. The fourth-order valence-corrected chi connectivity index (χ4v) is 3.06. The van der Waals surface area contributed by atoms with Crippen LogP contribution in [0.3, 0.4) is 0 Å². The number of phenols is 2. The summed E-state index contributed by atoms with van der Waals surface area (Å²) in [5, 5.41) is 23.1. The quantitative estimate of drug-likeness (QED) is 0.486. The molecule has 0 aliphatic rings. The van der Waals surface area contributed by atoms with E-state index < -0.39 is 40.0 Å². The van der Waals surface area contributed by atoms with Gasteiger partial charge in [0.2, 0.25) is 16.9 Å². The summed E-state index contributed by atoms with van der Waals surface area (Å²) < 4.78 is 47.2. The van der Waals surface area contributed by atoms with E-state index in [1.807, 2.05) is 13.0 Å². The van der Waals surface area contributed by atoms with Gasteiger partial charge >= 0.3 is 6.18 Å². The first-order valence-corrected chi connectivity index (χ1v) is 8.38. The van der Waals surface area contributed by atoms with Crippen molar-refractivity contribution >= 4 is 11.0 Å². The Balaban J connectivity index is 2.00. The molecule has 2 aromatic carbocycles. The van der Waals surface area contributed by atoms with E-state index in [2.05, 4.69) is 5.10 Å². The lowest BCUT2D eigenvalue weighted by molar-refractivity contribution is -0.152. The molecule has 4 rings (SSSR count). The average molecular weight is 402 g/mol. The molecule has 29 heavy (non-hydrogen) atoms. The minimum atomic E-state index is -5.02. The smallest absolute Gasteiger partial charge is 0.450 e. The summed E-state index contributed by atoms with van der Waals surface area (Å²) in [5.41, 5.74) is -1.03. The van der Waals surface area contributed by atoms with Crippen molar-refractivity contribution in [2.24, 2.45) is 0 Å². The van der Waals surface area contributed by atoms with Gasteiger partial charge in [0.1, 0.15) is 0 Å². The van der Waals surface area contributed by atoms with Gasteiger partial charge in [0.05, 0.1) is 22.8 Å². The van der Waals surface area contributed by atoms with Crippen LogP contribution in [-0.2, 0) is 6.18 Å². The van der Waals surface area contributed by atoms with E-state index in [9.17, 15) is 28.2 Å². The van der Waals surface area contributed by atoms with Crippen LogP contribution in [0.1, 0.15) is 11.3 Å². The number of rotatable bonds is 2. The Hall–Kier alpha value is -3.75. The topological polar surface area (TPSA) is 88.5 Å². The molecule has 0 bridgehead atoms. The lowest BCUT2D eigenvalue weighted by atomic mass is 10.0. The van der Waals surface area contributed by atoms with Crippen molar-refractivity contribution in [3.63, 3.8) is 0 Å². The van der Waals surface area contributed by atoms with Gasteiger partial charge in [0.25, 0.3) is 0 Å². The van der Waals surface area contributed by atoms with E-state index in [4.69, 9.17) is 4.42 Å². The molecule has 0 spiro atoms. The normalized spacial score (nSPS) is 11.9. The molecule has 0 saturated carbocycles. The van der Waals surface area contributed by atoms with Crippen LogP contribution in [0.25, 0.3) is 27.8 Å². The Kier molecular flexibility index (Phi) is 4.11. The summed E-state index contributed by atoms with van der Waals surface area (Å²) >= 11 is 0. The second-order valence-corrected chi connectivity index (χ2v) is 6.46. The molecule has 0 fully saturated rings. The van der Waals surface area contributed by atoms with E-state index in [0.29, 0.717) is 5.69 Å². The van der Waals surface area contributed by atoms with E-state index in [1.165, 1.54) is 10.9 Å². The summed E-state index contributed by atoms with van der Waals surface area (Å²) in [6.07, 6.45) is -2.59. The fourth-order valence-electron chi connectivity index (χ4n) is 3.06. The van der Waals surface area contributed by atoms with Crippen LogP contribution in [0.4, 0.5) is 13.2 Å². The Bertz CT molecular complexity index is 1310. The van der Waals surface area contributed by atoms with Crippen molar-refractivity contribution in [2.75, 3.05) is 0 Å². The van der Waals surface area contributed by atoms with Gasteiger partial charge in [-0.15, -0.1) is 0 Å². The first-order chi connectivity index (χ1) is 13.7. The molecule has 2 heterocycles. The highest BCUT2D eigenvalue weighted by molar-refractivity contribution is 5.88. The SMILES string of the molecule is Cc1cccc(-n2cc(-c3c(C(F)(F)F)oc4c(O)c(O)ccc4c3=O)cn2)c1. The number of fused-ring (bicyclic) bond motifs is 1. The fraction of sp³-hybridized carbons (Fsp3) is 0.100. The number of halogens is 3. The number of aryl methyl sites for hydroxylation is 1. The number of hydrogen-bond acceptors (Lipinski definition) is 5. The third-order valence-corrected chi connectivity index (χ3v) is 4.41. The average Bonchev–Trinajstić information content (AvgIpc) is 3.13. The molecule has 0 aliphatic heterocycles. The van der Waals surface area contributed by atoms with Gasteiger partial charge in [-0.2, -0.15) is 18.3 Å². The number of hydrogen-bond donors (Lipinski definition) is 2. The highest BCUT2D eigenvalue weighted by Gasteiger charge is 2.40. The van der Waals surface area contributed by atoms with Crippen molar-refractivity contribution in [1.29, 1.82) is 0 Å². The number of alkyl halides is 3. The molecule has 9 heteroatoms. The first kappa shape index (κ1) is 18.6. The van der Waals surface area contributed by atoms with Crippen LogP contribution < -0.4 is 5.43 Å². The van der Waals surface area contributed by atoms with Gasteiger partial charge in [0.15, 0.2) is 11.3 Å². The molecule has 0 atom stereocenters. The lowest BCUT2D eigenvalue weighted by Gasteiger charge is -2.12. The standard InChI is InChI=1S/C20H13F3N2O4/c1-10-3-2-4-12(7-10)25-9-11(8-24-25)15-16(27)13-5-6-14(26)17(28)18(13)29-19(15)20(21,22)23/h2-9,26,28H,1H3. The highest BCUT2D eigenvalue weighted by Crippen LogP contribution is 2.40. The van der Waals surface area contributed by atoms with Gasteiger partial charge in [-0.05, 0) is 36.8 Å². The summed E-state index contributed by atoms with van der Waals surface area (Å²) in [6, 6.07) is 9.22. The number of aromatic hydroxyl groups is 2. The van der Waals surface area contributed by atoms with E-state index in [1.54, 1.807) is 18.2 Å². The van der Waals surface area contributed by atoms with Crippen LogP contribution in [0, 0.1) is 6.92 Å². The second-order valence-electron chi connectivity index (χ2n) is 6.46. The zero-order valence-electron chi connectivity index (χ0n) is 14.9. The summed E-state index contributed by atoms with van der Waals surface area (Å²) in [6.45, 7) is 1.86. The summed E-state index contributed by atoms with van der Waals surface area (Å²) in [5.74, 6) is -3.22. The molecule has 0 radical (unpaired) electrons. The third-order valence-electron chi connectivity index (χ3n) is 4.41. The Morgan fingerprint density at radius 1 is 1.14 bits per heavy atom. The number of nitrogens with zero attached hydrogens (tertiary/aromatic N) is 2. The minimum absolute atomic E-state index is 0.0953. The Morgan fingerprint density at radius 3 is 2.59 bits per heavy atom. The molecule has 0 aliphatic carbocycles. The zero-order chi connectivity index (χ0) is 20.9. The van der Waals surface area contributed by atoms with E-state index >= 15 is 0 Å². The Labute approximate surface area is 161 Å². The van der Waals surface area contributed by atoms with Crippen molar-refractivity contribution < 1.29 is 27.8 Å². The van der Waals surface area contributed by atoms with Crippen LogP contribution in [0.15, 0.2) is 58.0 Å². The lowest BCUT2D eigenvalue weighted by Crippen LogP contribution is -2.15. The largest absolute Gasteiger partial charge is 0.504 e. The van der Waals surface area contributed by atoms with Crippen molar-refractivity contribution in [2.45, 2.75) is 13.1 Å². The molecule has 0 unspecified atom stereocenters. The molecule has 148 valence electrons. The molecule has 6 nitrogen and oxygen atoms in total. The number of aromatic nitrogens is 2. The van der Waals surface area contributed by atoms with Crippen LogP contribution in [0.2, 0.25) is 0 Å². The Morgan fingerprint density at radius 2 is 1.90 bits per heavy atom. The summed E-state index contributed by atoms with van der Waals surface area (Å²) in [7, 11) is 0. The van der Waals surface area contributed by atoms with Crippen LogP contribution >= 0.6 is 0 Å². The summed E-state index contributed by atoms with van der Waals surface area (Å²) in [4.78, 5) is 12.9. The predicted octanol–water partition coefficient (Wildman–Crippen LogP) is 4.38. The van der Waals surface area contributed by atoms with Gasteiger partial charge in [-0.1, -0.05) is 12.1 Å². The molecule has 2 aromatic heterocycles. The van der Waals surface area contributed by atoms with Crippen LogP contribution in [-0.4, -0.2) is 20.0 Å². The second kappa shape index (κ2) is 6.40. The molecule has 0 saturated heterocycles. The third kappa shape index (κ3) is 3.10. The van der Waals surface area contributed by atoms with Crippen LogP contribution in [0.5, 0.6) is 11.5 Å².